The summed E-state index contributed by atoms with van der Waals surface area (Å²) in [6.07, 6.45) is 2.77. The summed E-state index contributed by atoms with van der Waals surface area (Å²) in [4.78, 5) is 0.348. The maximum Gasteiger partial charge on any atom is 0.240 e. The van der Waals surface area contributed by atoms with Crippen LogP contribution < -0.4 is 4.72 Å². The number of benzene rings is 1. The highest BCUT2D eigenvalue weighted by atomic mass is 32.2. The van der Waals surface area contributed by atoms with Gasteiger partial charge >= 0.3 is 0 Å². The minimum Gasteiger partial charge on any atom is -0.211 e. The maximum absolute atomic E-state index is 11.8. The largest absolute Gasteiger partial charge is 0.240 e. The van der Waals surface area contributed by atoms with E-state index in [9.17, 15) is 8.42 Å². The van der Waals surface area contributed by atoms with E-state index in [1.54, 1.807) is 12.1 Å². The van der Waals surface area contributed by atoms with Crippen molar-refractivity contribution in [1.82, 2.24) is 4.72 Å². The molecule has 0 saturated carbocycles. The van der Waals surface area contributed by atoms with Crippen molar-refractivity contribution in [3.63, 3.8) is 0 Å². The molecule has 0 aromatic heterocycles. The van der Waals surface area contributed by atoms with Gasteiger partial charge in [0, 0.05) is 6.54 Å². The van der Waals surface area contributed by atoms with Gasteiger partial charge in [-0.3, -0.25) is 0 Å². The minimum atomic E-state index is -3.31. The Morgan fingerprint density at radius 1 is 1.12 bits per heavy atom. The number of hydrogen-bond acceptors (Lipinski definition) is 2. The zero-order valence-electron chi connectivity index (χ0n) is 9.86. The van der Waals surface area contributed by atoms with Crippen molar-refractivity contribution < 1.29 is 8.42 Å². The second-order valence-corrected chi connectivity index (χ2v) is 5.52. The van der Waals surface area contributed by atoms with E-state index in [4.69, 9.17) is 0 Å². The first-order valence-corrected chi connectivity index (χ1v) is 7.17. The first-order valence-electron chi connectivity index (χ1n) is 5.68. The molecule has 0 radical (unpaired) electrons. The molecule has 0 bridgehead atoms. The van der Waals surface area contributed by atoms with Crippen LogP contribution in [0.5, 0.6) is 0 Å². The molecule has 0 atom stereocenters. The molecule has 0 fully saturated rings. The Hall–Kier alpha value is -0.870. The molecule has 0 saturated heterocycles. The fourth-order valence-corrected chi connectivity index (χ4v) is 2.45. The molecular weight excluding hydrogens is 222 g/mol. The van der Waals surface area contributed by atoms with Gasteiger partial charge in [-0.15, -0.1) is 0 Å². The third-order valence-corrected chi connectivity index (χ3v) is 3.94. The summed E-state index contributed by atoms with van der Waals surface area (Å²) >= 11 is 0. The van der Waals surface area contributed by atoms with Gasteiger partial charge < -0.3 is 0 Å². The van der Waals surface area contributed by atoms with Gasteiger partial charge in [-0.25, -0.2) is 13.1 Å². The lowest BCUT2D eigenvalue weighted by molar-refractivity contribution is 0.578. The van der Waals surface area contributed by atoms with Gasteiger partial charge in [0.2, 0.25) is 10.0 Å². The van der Waals surface area contributed by atoms with Gasteiger partial charge in [-0.1, -0.05) is 32.4 Å². The third-order valence-electron chi connectivity index (χ3n) is 2.46. The second kappa shape index (κ2) is 6.01. The molecule has 0 amide bonds. The number of sulfonamides is 1. The first kappa shape index (κ1) is 13.2. The molecule has 16 heavy (non-hydrogen) atoms. The van der Waals surface area contributed by atoms with Crippen molar-refractivity contribution in [2.45, 2.75) is 38.0 Å². The SMILES string of the molecule is CCCCNS(=O)(=O)c1ccc(CC)cc1. The van der Waals surface area contributed by atoms with Crippen molar-refractivity contribution in [2.75, 3.05) is 6.54 Å². The van der Waals surface area contributed by atoms with Crippen LogP contribution in [0.25, 0.3) is 0 Å². The predicted octanol–water partition coefficient (Wildman–Crippen LogP) is 2.33. The maximum atomic E-state index is 11.8. The molecule has 90 valence electrons. The fourth-order valence-electron chi connectivity index (χ4n) is 1.37. The average molecular weight is 241 g/mol. The van der Waals surface area contributed by atoms with Crippen LogP contribution in [0.1, 0.15) is 32.3 Å². The van der Waals surface area contributed by atoms with E-state index in [0.29, 0.717) is 11.4 Å². The Labute approximate surface area is 97.9 Å². The quantitative estimate of drug-likeness (QED) is 0.777. The van der Waals surface area contributed by atoms with Gasteiger partial charge in [0.25, 0.3) is 0 Å². The lowest BCUT2D eigenvalue weighted by Crippen LogP contribution is -2.24. The number of rotatable bonds is 6. The zero-order chi connectivity index (χ0) is 12.0. The summed E-state index contributed by atoms with van der Waals surface area (Å²) in [6.45, 7) is 4.59. The molecule has 1 aromatic rings. The molecule has 0 unspecified atom stereocenters. The van der Waals surface area contributed by atoms with E-state index >= 15 is 0 Å². The summed E-state index contributed by atoms with van der Waals surface area (Å²) in [5.74, 6) is 0. The summed E-state index contributed by atoms with van der Waals surface area (Å²) in [5.41, 5.74) is 1.15. The van der Waals surface area contributed by atoms with Gasteiger partial charge in [0.05, 0.1) is 4.90 Å². The van der Waals surface area contributed by atoms with Crippen molar-refractivity contribution in [2.24, 2.45) is 0 Å². The number of hydrogen-bond donors (Lipinski definition) is 1. The number of nitrogens with one attached hydrogen (secondary N) is 1. The Balaban J connectivity index is 2.74. The van der Waals surface area contributed by atoms with Crippen molar-refractivity contribution in [3.8, 4) is 0 Å². The zero-order valence-corrected chi connectivity index (χ0v) is 10.7. The van der Waals surface area contributed by atoms with Crippen LogP contribution in [-0.2, 0) is 16.4 Å². The molecule has 3 nitrogen and oxygen atoms in total. The topological polar surface area (TPSA) is 46.2 Å². The Morgan fingerprint density at radius 2 is 1.75 bits per heavy atom. The molecular formula is C12H19NO2S. The van der Waals surface area contributed by atoms with Crippen molar-refractivity contribution in [1.29, 1.82) is 0 Å². The van der Waals surface area contributed by atoms with E-state index in [2.05, 4.69) is 4.72 Å². The van der Waals surface area contributed by atoms with Crippen molar-refractivity contribution in [3.05, 3.63) is 29.8 Å². The molecule has 1 N–H and O–H groups in total. The molecule has 1 rings (SSSR count). The van der Waals surface area contributed by atoms with Gasteiger partial charge in [-0.2, -0.15) is 0 Å². The fraction of sp³-hybridized carbons (Fsp3) is 0.500. The highest BCUT2D eigenvalue weighted by molar-refractivity contribution is 7.89. The standard InChI is InChI=1S/C12H19NO2S/c1-3-5-10-13-16(14,15)12-8-6-11(4-2)7-9-12/h6-9,13H,3-5,10H2,1-2H3. The Bertz CT molecular complexity index is 409. The van der Waals surface area contributed by atoms with Crippen LogP contribution in [-0.4, -0.2) is 15.0 Å². The van der Waals surface area contributed by atoms with Gasteiger partial charge in [0.1, 0.15) is 0 Å². The van der Waals surface area contributed by atoms with Gasteiger partial charge in [0.15, 0.2) is 0 Å². The van der Waals surface area contributed by atoms with Crippen LogP contribution in [0.15, 0.2) is 29.2 Å². The second-order valence-electron chi connectivity index (χ2n) is 3.75. The molecule has 0 aliphatic carbocycles. The number of aryl methyl sites for hydroxylation is 1. The lowest BCUT2D eigenvalue weighted by Gasteiger charge is -2.06. The van der Waals surface area contributed by atoms with E-state index < -0.39 is 10.0 Å². The van der Waals surface area contributed by atoms with Crippen LogP contribution in [0.3, 0.4) is 0 Å². The Kier molecular flexibility index (Phi) is 4.96. The average Bonchev–Trinajstić information content (AvgIpc) is 2.29. The minimum absolute atomic E-state index is 0.348. The van der Waals surface area contributed by atoms with E-state index in [1.165, 1.54) is 0 Å². The first-order chi connectivity index (χ1) is 7.60. The summed E-state index contributed by atoms with van der Waals surface area (Å²) < 4.78 is 26.2. The van der Waals surface area contributed by atoms with Crippen molar-refractivity contribution >= 4 is 10.0 Å². The van der Waals surface area contributed by atoms with Gasteiger partial charge in [-0.05, 0) is 30.5 Å². The summed E-state index contributed by atoms with van der Waals surface area (Å²) in [5, 5.41) is 0. The molecule has 1 aromatic carbocycles. The van der Waals surface area contributed by atoms with Crippen LogP contribution in [0, 0.1) is 0 Å². The van der Waals surface area contributed by atoms with E-state index in [1.807, 2.05) is 26.0 Å². The van der Waals surface area contributed by atoms with E-state index in [-0.39, 0.29) is 0 Å². The molecule has 4 heteroatoms. The van der Waals surface area contributed by atoms with E-state index in [0.717, 1.165) is 24.8 Å². The monoisotopic (exact) mass is 241 g/mol. The lowest BCUT2D eigenvalue weighted by atomic mass is 10.2. The summed E-state index contributed by atoms with van der Waals surface area (Å²) in [6, 6.07) is 7.03. The highest BCUT2D eigenvalue weighted by Crippen LogP contribution is 2.10. The molecule has 0 aliphatic heterocycles. The molecule has 0 aliphatic rings. The third kappa shape index (κ3) is 3.61. The molecule has 0 spiro atoms. The normalized spacial score (nSPS) is 11.6. The van der Waals surface area contributed by atoms with Crippen LogP contribution in [0.4, 0.5) is 0 Å². The predicted molar refractivity (Wildman–Crippen MR) is 65.9 cm³/mol. The molecule has 0 heterocycles. The summed E-state index contributed by atoms with van der Waals surface area (Å²) in [7, 11) is -3.31. The highest BCUT2D eigenvalue weighted by Gasteiger charge is 2.12. The smallest absolute Gasteiger partial charge is 0.211 e. The van der Waals surface area contributed by atoms with Crippen LogP contribution >= 0.6 is 0 Å². The van der Waals surface area contributed by atoms with Crippen LogP contribution in [0.2, 0.25) is 0 Å². The number of unbranched alkanes of at least 4 members (excludes halogenated alkanes) is 1. The Morgan fingerprint density at radius 3 is 2.25 bits per heavy atom.